The number of methoxy groups -OCH3 is 1. The molecule has 2 atom stereocenters. The van der Waals surface area contributed by atoms with Crippen molar-refractivity contribution < 1.29 is 9.47 Å². The average molecular weight is 272 g/mol. The molecule has 3 rings (SSSR count). The van der Waals surface area contributed by atoms with Crippen molar-refractivity contribution in [3.05, 3.63) is 26.6 Å². The van der Waals surface area contributed by atoms with E-state index in [4.69, 9.17) is 9.47 Å². The number of pyridine rings is 1. The van der Waals surface area contributed by atoms with Gasteiger partial charge in [-0.15, -0.1) is 0 Å². The lowest BCUT2D eigenvalue weighted by atomic mass is 10.1. The van der Waals surface area contributed by atoms with Crippen LogP contribution in [-0.4, -0.2) is 17.8 Å². The minimum absolute atomic E-state index is 0.0644. The van der Waals surface area contributed by atoms with Crippen LogP contribution in [0.2, 0.25) is 0 Å². The highest BCUT2D eigenvalue weighted by molar-refractivity contribution is 9.10. The quantitative estimate of drug-likeness (QED) is 0.727. The minimum atomic E-state index is -0.0973. The van der Waals surface area contributed by atoms with Gasteiger partial charge < -0.3 is 14.0 Å². The number of aryl methyl sites for hydroxylation is 1. The number of halogens is 1. The first kappa shape index (κ1) is 9.42. The zero-order chi connectivity index (χ0) is 10.6. The maximum absolute atomic E-state index is 11.8. The molecule has 5 heteroatoms. The number of aromatic nitrogens is 1. The number of hydrogen-bond donors (Lipinski definition) is 0. The summed E-state index contributed by atoms with van der Waals surface area (Å²) in [5, 5.41) is 0. The predicted molar refractivity (Wildman–Crippen MR) is 57.2 cm³/mol. The van der Waals surface area contributed by atoms with Crippen molar-refractivity contribution in [3.63, 3.8) is 0 Å². The Morgan fingerprint density at radius 1 is 1.67 bits per heavy atom. The van der Waals surface area contributed by atoms with Crippen molar-refractivity contribution in [2.45, 2.75) is 25.2 Å². The molecule has 0 radical (unpaired) electrons. The normalized spacial score (nSPS) is 26.8. The molecule has 0 aromatic carbocycles. The zero-order valence-electron chi connectivity index (χ0n) is 8.20. The molecule has 0 aliphatic carbocycles. The fourth-order valence-electron chi connectivity index (χ4n) is 2.16. The summed E-state index contributed by atoms with van der Waals surface area (Å²) < 4.78 is 13.2. The molecule has 2 aliphatic rings. The fraction of sp³-hybridized carbons (Fsp3) is 0.500. The van der Waals surface area contributed by atoms with E-state index in [1.807, 2.05) is 10.8 Å². The van der Waals surface area contributed by atoms with Crippen LogP contribution in [0.25, 0.3) is 0 Å². The third-order valence-electron chi connectivity index (χ3n) is 2.95. The summed E-state index contributed by atoms with van der Waals surface area (Å²) >= 11 is 3.25. The molecule has 3 heterocycles. The molecule has 0 N–H and O–H groups in total. The molecular weight excluding hydrogens is 262 g/mol. The summed E-state index contributed by atoms with van der Waals surface area (Å²) in [5.41, 5.74) is 0.793. The number of ether oxygens (including phenoxy) is 2. The molecule has 4 nitrogen and oxygen atoms in total. The molecule has 1 fully saturated rings. The van der Waals surface area contributed by atoms with Crippen molar-refractivity contribution in [3.8, 4) is 5.75 Å². The molecule has 0 amide bonds. The molecule has 1 aromatic rings. The first-order valence-electron chi connectivity index (χ1n) is 4.84. The van der Waals surface area contributed by atoms with Crippen LogP contribution in [0.5, 0.6) is 5.75 Å². The van der Waals surface area contributed by atoms with Gasteiger partial charge >= 0.3 is 0 Å². The smallest absolute Gasteiger partial charge is 0.237 e. The van der Waals surface area contributed by atoms with E-state index in [9.17, 15) is 4.79 Å². The monoisotopic (exact) mass is 271 g/mol. The Morgan fingerprint density at radius 3 is 3.20 bits per heavy atom. The maximum Gasteiger partial charge on any atom is 0.237 e. The van der Waals surface area contributed by atoms with Gasteiger partial charge in [-0.25, -0.2) is 0 Å². The van der Waals surface area contributed by atoms with Crippen LogP contribution in [0.15, 0.2) is 15.5 Å². The highest BCUT2D eigenvalue weighted by Gasteiger charge is 2.46. The van der Waals surface area contributed by atoms with Crippen molar-refractivity contribution in [2.24, 2.45) is 0 Å². The highest BCUT2D eigenvalue weighted by atomic mass is 79.9. The van der Waals surface area contributed by atoms with Crippen LogP contribution in [0, 0.1) is 0 Å². The zero-order valence-corrected chi connectivity index (χ0v) is 9.78. The Hall–Kier alpha value is -0.810. The Balaban J connectivity index is 2.27. The third kappa shape index (κ3) is 1.26. The Labute approximate surface area is 94.9 Å². The summed E-state index contributed by atoms with van der Waals surface area (Å²) in [7, 11) is 1.52. The second-order valence-electron chi connectivity index (χ2n) is 3.80. The molecule has 1 aromatic heterocycles. The van der Waals surface area contributed by atoms with Gasteiger partial charge in [-0.2, -0.15) is 0 Å². The predicted octanol–water partition coefficient (Wildman–Crippen LogP) is 1.46. The molecule has 15 heavy (non-hydrogen) atoms. The van der Waals surface area contributed by atoms with Crippen LogP contribution in [-0.2, 0) is 11.3 Å². The topological polar surface area (TPSA) is 43.8 Å². The van der Waals surface area contributed by atoms with E-state index in [2.05, 4.69) is 15.9 Å². The largest absolute Gasteiger partial charge is 0.491 e. The van der Waals surface area contributed by atoms with Crippen LogP contribution >= 0.6 is 15.9 Å². The number of nitrogens with zero attached hydrogens (tertiary/aromatic N) is 1. The van der Waals surface area contributed by atoms with Crippen molar-refractivity contribution in [1.29, 1.82) is 0 Å². The van der Waals surface area contributed by atoms with Gasteiger partial charge in [-0.05, 0) is 22.4 Å². The van der Waals surface area contributed by atoms with Crippen molar-refractivity contribution in [1.82, 2.24) is 4.57 Å². The Kier molecular flexibility index (Phi) is 1.94. The maximum atomic E-state index is 11.8. The fourth-order valence-corrected chi connectivity index (χ4v) is 2.59. The SMILES string of the molecule is COc1c2n(cc(Br)c1=O)CCC1OC21. The van der Waals surface area contributed by atoms with E-state index in [0.717, 1.165) is 18.7 Å². The van der Waals surface area contributed by atoms with Gasteiger partial charge in [0, 0.05) is 12.7 Å². The minimum Gasteiger partial charge on any atom is -0.491 e. The van der Waals surface area contributed by atoms with Crippen molar-refractivity contribution >= 4 is 15.9 Å². The molecule has 1 saturated heterocycles. The summed E-state index contributed by atoms with van der Waals surface area (Å²) in [4.78, 5) is 11.8. The standard InChI is InChI=1S/C10H10BrNO3/c1-14-10-7-9-6(15-9)2-3-12(7)4-5(11)8(10)13/h4,6,9H,2-3H2,1H3. The van der Waals surface area contributed by atoms with Crippen LogP contribution in [0.4, 0.5) is 0 Å². The molecular formula is C10H10BrNO3. The third-order valence-corrected chi connectivity index (χ3v) is 3.51. The van der Waals surface area contributed by atoms with E-state index >= 15 is 0 Å². The molecule has 0 bridgehead atoms. The number of rotatable bonds is 1. The summed E-state index contributed by atoms with van der Waals surface area (Å²) in [6.45, 7) is 0.881. The van der Waals surface area contributed by atoms with Gasteiger partial charge in [0.05, 0.1) is 23.4 Å². The lowest BCUT2D eigenvalue weighted by molar-refractivity contribution is 0.361. The van der Waals surface area contributed by atoms with E-state index < -0.39 is 0 Å². The molecule has 2 aliphatic heterocycles. The van der Waals surface area contributed by atoms with Gasteiger partial charge in [0.2, 0.25) is 5.43 Å². The summed E-state index contributed by atoms with van der Waals surface area (Å²) in [6.07, 6.45) is 3.18. The van der Waals surface area contributed by atoms with E-state index in [1.54, 1.807) is 0 Å². The van der Waals surface area contributed by atoms with Gasteiger partial charge in [-0.1, -0.05) is 0 Å². The van der Waals surface area contributed by atoms with Gasteiger partial charge in [0.25, 0.3) is 0 Å². The average Bonchev–Trinajstić information content (AvgIpc) is 2.99. The lowest BCUT2D eigenvalue weighted by Gasteiger charge is -2.18. The van der Waals surface area contributed by atoms with Crippen LogP contribution < -0.4 is 10.2 Å². The first-order valence-corrected chi connectivity index (χ1v) is 5.64. The van der Waals surface area contributed by atoms with Crippen LogP contribution in [0.3, 0.4) is 0 Å². The molecule has 80 valence electrons. The summed E-state index contributed by atoms with van der Waals surface area (Å²) in [6, 6.07) is 0. The van der Waals surface area contributed by atoms with Gasteiger partial charge in [-0.3, -0.25) is 4.79 Å². The lowest BCUT2D eigenvalue weighted by Crippen LogP contribution is -2.21. The highest BCUT2D eigenvalue weighted by Crippen LogP contribution is 2.47. The second kappa shape index (κ2) is 3.09. The van der Waals surface area contributed by atoms with Crippen molar-refractivity contribution in [2.75, 3.05) is 7.11 Å². The second-order valence-corrected chi connectivity index (χ2v) is 4.66. The van der Waals surface area contributed by atoms with Gasteiger partial charge in [0.15, 0.2) is 5.75 Å². The van der Waals surface area contributed by atoms with Crippen LogP contribution in [0.1, 0.15) is 18.2 Å². The Bertz CT molecular complexity index is 482. The molecule has 0 saturated carbocycles. The first-order chi connectivity index (χ1) is 7.22. The summed E-state index contributed by atoms with van der Waals surface area (Å²) in [5.74, 6) is 0.413. The molecule has 0 spiro atoms. The Morgan fingerprint density at radius 2 is 2.47 bits per heavy atom. The molecule has 2 unspecified atom stereocenters. The van der Waals surface area contributed by atoms with E-state index in [0.29, 0.717) is 16.3 Å². The number of epoxide rings is 1. The van der Waals surface area contributed by atoms with E-state index in [-0.39, 0.29) is 11.5 Å². The number of fused-ring (bicyclic) bond motifs is 3. The number of hydrogen-bond acceptors (Lipinski definition) is 3. The van der Waals surface area contributed by atoms with Gasteiger partial charge in [0.1, 0.15) is 6.10 Å². The van der Waals surface area contributed by atoms with E-state index in [1.165, 1.54) is 7.11 Å².